The van der Waals surface area contributed by atoms with Gasteiger partial charge in [0.15, 0.2) is 0 Å². The van der Waals surface area contributed by atoms with E-state index in [2.05, 4.69) is 16.7 Å². The lowest BCUT2D eigenvalue weighted by Crippen LogP contribution is -2.46. The number of imide groups is 3. The highest BCUT2D eigenvalue weighted by Gasteiger charge is 2.41. The van der Waals surface area contributed by atoms with Crippen LogP contribution in [-0.2, 0) is 0 Å². The standard InChI is InChI=1S/C50H42ClN5O6/c1-2-3-4-5-6-7-24-54-45(57)37-18-20-39-44-40(21-19-38(43(37)44)46(54)58)50(62)56(49(39)61)33-11-8-10-32(29-33)55-47(59)35-13-9-12-34-41(23-22-36(42(34)35)48(55)60)53-27-25-52(26-28-53)31-16-14-30(51)15-17-31/h8-23,29H,2-7,24-28H2,1H3. The molecule has 0 atom stereocenters. The first kappa shape index (κ1) is 39.3. The summed E-state index contributed by atoms with van der Waals surface area (Å²) in [7, 11) is 0. The zero-order valence-corrected chi connectivity index (χ0v) is 34.9. The molecule has 4 aliphatic heterocycles. The van der Waals surface area contributed by atoms with Crippen LogP contribution in [0.25, 0.3) is 21.5 Å². The summed E-state index contributed by atoms with van der Waals surface area (Å²) in [6.07, 6.45) is 6.04. The summed E-state index contributed by atoms with van der Waals surface area (Å²) in [5.41, 5.74) is 4.05. The first-order valence-electron chi connectivity index (χ1n) is 21.3. The lowest BCUT2D eigenvalue weighted by Gasteiger charge is -2.38. The molecule has 0 unspecified atom stereocenters. The minimum Gasteiger partial charge on any atom is -0.368 e. The highest BCUT2D eigenvalue weighted by molar-refractivity contribution is 6.40. The van der Waals surface area contributed by atoms with Crippen LogP contribution < -0.4 is 19.6 Å². The third-order valence-electron chi connectivity index (χ3n) is 12.8. The van der Waals surface area contributed by atoms with E-state index in [0.717, 1.165) is 84.8 Å². The van der Waals surface area contributed by atoms with Crippen LogP contribution in [0.1, 0.15) is 108 Å². The second-order valence-corrected chi connectivity index (χ2v) is 16.8. The predicted molar refractivity (Wildman–Crippen MR) is 241 cm³/mol. The van der Waals surface area contributed by atoms with Gasteiger partial charge in [-0.15, -0.1) is 0 Å². The Morgan fingerprint density at radius 3 is 1.50 bits per heavy atom. The third kappa shape index (κ3) is 6.24. The maximum atomic E-state index is 14.4. The van der Waals surface area contributed by atoms with Crippen molar-refractivity contribution in [2.24, 2.45) is 0 Å². The van der Waals surface area contributed by atoms with Crippen molar-refractivity contribution in [2.75, 3.05) is 52.3 Å². The second-order valence-electron chi connectivity index (χ2n) is 16.3. The summed E-state index contributed by atoms with van der Waals surface area (Å²) in [5, 5.41) is 2.68. The molecule has 6 amide bonds. The van der Waals surface area contributed by atoms with E-state index in [1.165, 1.54) is 23.1 Å². The Bertz CT molecular complexity index is 2830. The van der Waals surface area contributed by atoms with Crippen LogP contribution in [0.4, 0.5) is 22.7 Å². The second kappa shape index (κ2) is 15.6. The molecule has 4 aliphatic rings. The average Bonchev–Trinajstić information content (AvgIpc) is 3.29. The summed E-state index contributed by atoms with van der Waals surface area (Å²) in [4.78, 5) is 93.0. The molecule has 0 aliphatic carbocycles. The molecule has 10 rings (SSSR count). The smallest absolute Gasteiger partial charge is 0.265 e. The largest absolute Gasteiger partial charge is 0.368 e. The van der Waals surface area contributed by atoms with E-state index in [1.54, 1.807) is 42.5 Å². The van der Waals surface area contributed by atoms with Gasteiger partial charge in [-0.2, -0.15) is 0 Å². The van der Waals surface area contributed by atoms with E-state index in [-0.39, 0.29) is 39.0 Å². The molecule has 0 saturated carbocycles. The van der Waals surface area contributed by atoms with Gasteiger partial charge in [0, 0.05) is 104 Å². The fraction of sp³-hybridized carbons (Fsp3) is 0.240. The van der Waals surface area contributed by atoms with Crippen LogP contribution >= 0.6 is 11.6 Å². The SMILES string of the molecule is CCCCCCCCN1C(=O)c2ccc3c4c(ccc(c24)C1=O)C(=O)N(c1cccc(N2C(=O)c4cccc5c(N6CCN(c7ccc(Cl)cc7)CC6)ccc(c45)C2=O)c1)C3=O. The summed E-state index contributed by atoms with van der Waals surface area (Å²) in [5.74, 6) is -3.21. The molecular weight excluding hydrogens is 802 g/mol. The minimum atomic E-state index is -0.648. The van der Waals surface area contributed by atoms with Crippen molar-refractivity contribution < 1.29 is 28.8 Å². The van der Waals surface area contributed by atoms with Crippen LogP contribution in [0, 0.1) is 0 Å². The maximum absolute atomic E-state index is 14.4. The van der Waals surface area contributed by atoms with Crippen LogP contribution in [0.3, 0.4) is 0 Å². The predicted octanol–water partition coefficient (Wildman–Crippen LogP) is 9.53. The van der Waals surface area contributed by atoms with Crippen molar-refractivity contribution in [3.8, 4) is 0 Å². The van der Waals surface area contributed by atoms with Gasteiger partial charge in [0.05, 0.1) is 11.4 Å². The quantitative estimate of drug-likeness (QED) is 0.0935. The fourth-order valence-corrected chi connectivity index (χ4v) is 9.76. The minimum absolute atomic E-state index is 0.159. The third-order valence-corrected chi connectivity index (χ3v) is 13.0. The summed E-state index contributed by atoms with van der Waals surface area (Å²) < 4.78 is 0. The van der Waals surface area contributed by atoms with Crippen molar-refractivity contribution in [2.45, 2.75) is 45.4 Å². The number of rotatable bonds is 11. The molecule has 0 spiro atoms. The van der Waals surface area contributed by atoms with Crippen molar-refractivity contribution in [3.63, 3.8) is 0 Å². The first-order chi connectivity index (χ1) is 30.2. The number of unbranched alkanes of at least 4 members (excludes halogenated alkanes) is 5. The van der Waals surface area contributed by atoms with E-state index < -0.39 is 35.4 Å². The molecule has 12 heteroatoms. The van der Waals surface area contributed by atoms with E-state index in [1.807, 2.05) is 42.5 Å². The van der Waals surface area contributed by atoms with E-state index in [4.69, 9.17) is 11.6 Å². The highest BCUT2D eigenvalue weighted by Crippen LogP contribution is 2.42. The Hall–Kier alpha value is -6.85. The molecule has 0 bridgehead atoms. The number of nitrogens with zero attached hydrogens (tertiary/aromatic N) is 5. The number of halogens is 1. The maximum Gasteiger partial charge on any atom is 0.265 e. The van der Waals surface area contributed by atoms with Gasteiger partial charge in [-0.3, -0.25) is 33.7 Å². The molecule has 1 saturated heterocycles. The van der Waals surface area contributed by atoms with Gasteiger partial charge < -0.3 is 9.80 Å². The van der Waals surface area contributed by atoms with Gasteiger partial charge in [-0.1, -0.05) is 68.8 Å². The van der Waals surface area contributed by atoms with Crippen LogP contribution in [-0.4, -0.2) is 73.1 Å². The number of anilines is 4. The number of carbonyl (C=O) groups is 6. The number of hydrogen-bond donors (Lipinski definition) is 0. The van der Waals surface area contributed by atoms with Crippen molar-refractivity contribution >= 4 is 91.3 Å². The highest BCUT2D eigenvalue weighted by atomic mass is 35.5. The van der Waals surface area contributed by atoms with E-state index >= 15 is 0 Å². The monoisotopic (exact) mass is 843 g/mol. The van der Waals surface area contributed by atoms with Crippen LogP contribution in [0.2, 0.25) is 5.02 Å². The molecule has 0 N–H and O–H groups in total. The van der Waals surface area contributed by atoms with Crippen LogP contribution in [0.15, 0.2) is 103 Å². The van der Waals surface area contributed by atoms with Gasteiger partial charge in [0.1, 0.15) is 0 Å². The van der Waals surface area contributed by atoms with E-state index in [0.29, 0.717) is 39.9 Å². The van der Waals surface area contributed by atoms with Gasteiger partial charge >= 0.3 is 0 Å². The summed E-state index contributed by atoms with van der Waals surface area (Å²) >= 11 is 6.11. The van der Waals surface area contributed by atoms with Crippen LogP contribution in [0.5, 0.6) is 0 Å². The van der Waals surface area contributed by atoms with Crippen molar-refractivity contribution in [1.82, 2.24) is 4.90 Å². The number of benzene rings is 6. The zero-order chi connectivity index (χ0) is 42.8. The Kier molecular flexibility index (Phi) is 9.86. The molecular formula is C50H42ClN5O6. The number of hydrogen-bond acceptors (Lipinski definition) is 8. The lowest BCUT2D eigenvalue weighted by molar-refractivity contribution is 0.0605. The lowest BCUT2D eigenvalue weighted by atomic mass is 9.85. The molecule has 310 valence electrons. The van der Waals surface area contributed by atoms with Crippen molar-refractivity contribution in [3.05, 3.63) is 142 Å². The van der Waals surface area contributed by atoms with E-state index in [9.17, 15) is 28.8 Å². The van der Waals surface area contributed by atoms with Gasteiger partial charge in [0.2, 0.25) is 0 Å². The number of carbonyl (C=O) groups excluding carboxylic acids is 6. The molecule has 11 nitrogen and oxygen atoms in total. The Morgan fingerprint density at radius 2 is 0.919 bits per heavy atom. The van der Waals surface area contributed by atoms with Gasteiger partial charge in [-0.25, -0.2) is 9.80 Å². The molecule has 4 heterocycles. The number of piperazine rings is 1. The Balaban J connectivity index is 0.920. The fourth-order valence-electron chi connectivity index (χ4n) is 9.63. The molecule has 0 radical (unpaired) electrons. The van der Waals surface area contributed by atoms with Gasteiger partial charge in [0.25, 0.3) is 35.4 Å². The first-order valence-corrected chi connectivity index (χ1v) is 21.7. The molecule has 0 aromatic heterocycles. The summed E-state index contributed by atoms with van der Waals surface area (Å²) in [6, 6.07) is 29.5. The average molecular weight is 844 g/mol. The Morgan fingerprint density at radius 1 is 0.452 bits per heavy atom. The molecule has 6 aromatic carbocycles. The molecule has 62 heavy (non-hydrogen) atoms. The topological polar surface area (TPSA) is 119 Å². The molecule has 1 fully saturated rings. The molecule has 6 aromatic rings. The zero-order valence-electron chi connectivity index (χ0n) is 34.2. The van der Waals surface area contributed by atoms with Gasteiger partial charge in [-0.05, 0) is 91.3 Å². The normalized spacial score (nSPS) is 16.1. The Labute approximate surface area is 363 Å². The van der Waals surface area contributed by atoms with Crippen molar-refractivity contribution in [1.29, 1.82) is 0 Å². The number of amides is 6. The summed E-state index contributed by atoms with van der Waals surface area (Å²) in [6.45, 7) is 5.50.